The van der Waals surface area contributed by atoms with Gasteiger partial charge in [0.15, 0.2) is 0 Å². The molecule has 0 aliphatic carbocycles. The molecule has 1 amide bonds. The smallest absolute Gasteiger partial charge is 0.229 e. The van der Waals surface area contributed by atoms with Crippen LogP contribution in [0.5, 0.6) is 0 Å². The quantitative estimate of drug-likeness (QED) is 0.605. The molecule has 142 valence electrons. The summed E-state index contributed by atoms with van der Waals surface area (Å²) in [6.07, 6.45) is 3.44. The molecule has 0 atom stereocenters. The molecular weight excluding hydrogens is 374 g/mol. The number of nitrogens with one attached hydrogen (secondary N) is 1. The van der Waals surface area contributed by atoms with E-state index >= 15 is 0 Å². The minimum atomic E-state index is -0.648. The number of ether oxygens (including phenoxy) is 1. The molecule has 28 heavy (non-hydrogen) atoms. The lowest BCUT2D eigenvalue weighted by Gasteiger charge is -2.39. The normalized spacial score (nSPS) is 15.6. The van der Waals surface area contributed by atoms with Crippen molar-refractivity contribution < 1.29 is 9.53 Å². The van der Waals surface area contributed by atoms with Gasteiger partial charge in [-0.1, -0.05) is 11.3 Å². The van der Waals surface area contributed by atoms with E-state index in [0.717, 1.165) is 39.6 Å². The Balaban J connectivity index is 1.57. The van der Waals surface area contributed by atoms with Gasteiger partial charge in [0.05, 0.1) is 24.9 Å². The molecule has 4 rings (SSSR count). The summed E-state index contributed by atoms with van der Waals surface area (Å²) in [6.45, 7) is 4.68. The molecule has 0 saturated carbocycles. The predicted molar refractivity (Wildman–Crippen MR) is 114 cm³/mol. The number of rotatable bonds is 4. The number of fused-ring (bicyclic) bond motifs is 1. The Kier molecular flexibility index (Phi) is 5.13. The molecule has 8 nitrogen and oxygen atoms in total. The molecule has 1 fully saturated rings. The third-order valence-electron chi connectivity index (χ3n) is 4.94. The van der Waals surface area contributed by atoms with E-state index in [1.54, 1.807) is 12.4 Å². The van der Waals surface area contributed by atoms with Crippen molar-refractivity contribution in [2.75, 3.05) is 31.6 Å². The monoisotopic (exact) mass is 394 g/mol. The summed E-state index contributed by atoms with van der Waals surface area (Å²) in [5.41, 5.74) is 1.66. The Morgan fingerprint density at radius 1 is 1.21 bits per heavy atom. The number of aromatic nitrogens is 4. The fourth-order valence-electron chi connectivity index (χ4n) is 3.16. The molecule has 0 bridgehead atoms. The molecular formula is C17H20B2N6O2S. The van der Waals surface area contributed by atoms with E-state index in [1.807, 2.05) is 34.7 Å². The number of nitrogens with zero attached hydrogens (tertiary/aromatic N) is 5. The Labute approximate surface area is 168 Å². The molecule has 0 spiro atoms. The van der Waals surface area contributed by atoms with Gasteiger partial charge in [-0.3, -0.25) is 14.7 Å². The minimum absolute atomic E-state index is 0.0925. The van der Waals surface area contributed by atoms with E-state index in [-0.39, 0.29) is 5.91 Å². The van der Waals surface area contributed by atoms with Gasteiger partial charge in [-0.05, 0) is 19.1 Å². The molecule has 0 radical (unpaired) electrons. The average Bonchev–Trinajstić information content (AvgIpc) is 3.14. The summed E-state index contributed by atoms with van der Waals surface area (Å²) in [7, 11) is 3.85. The van der Waals surface area contributed by atoms with Crippen LogP contribution in [0.1, 0.15) is 5.01 Å². The number of aryl methyl sites for hydroxylation is 1. The highest BCUT2D eigenvalue weighted by atomic mass is 32.1. The Hall–Kier alpha value is -2.36. The first-order valence-corrected chi connectivity index (χ1v) is 9.96. The number of hydrogen-bond donors (Lipinski definition) is 1. The van der Waals surface area contributed by atoms with Crippen LogP contribution in [0, 0.1) is 6.92 Å². The highest BCUT2D eigenvalue weighted by Gasteiger charge is 2.35. The molecule has 11 heteroatoms. The largest absolute Gasteiger partial charge is 0.379 e. The topological polar surface area (TPSA) is 93.1 Å². The van der Waals surface area contributed by atoms with Gasteiger partial charge in [-0.2, -0.15) is 0 Å². The van der Waals surface area contributed by atoms with Crippen molar-refractivity contribution >= 4 is 49.7 Å². The van der Waals surface area contributed by atoms with Crippen molar-refractivity contribution in [3.05, 3.63) is 29.5 Å². The zero-order chi connectivity index (χ0) is 19.7. The number of hydrogen-bond acceptors (Lipinski definition) is 8. The molecule has 3 aromatic rings. The van der Waals surface area contributed by atoms with Crippen LogP contribution in [0.2, 0.25) is 0 Å². The van der Waals surface area contributed by atoms with Gasteiger partial charge in [0, 0.05) is 35.6 Å². The first-order chi connectivity index (χ1) is 13.4. The number of carbonyl (C=O) groups is 1. The van der Waals surface area contributed by atoms with Crippen molar-refractivity contribution in [2.45, 2.75) is 12.3 Å². The van der Waals surface area contributed by atoms with Crippen molar-refractivity contribution in [2.24, 2.45) is 0 Å². The van der Waals surface area contributed by atoms with E-state index in [1.165, 1.54) is 11.3 Å². The van der Waals surface area contributed by atoms with Crippen molar-refractivity contribution in [1.82, 2.24) is 25.1 Å². The number of morpholine rings is 1. The summed E-state index contributed by atoms with van der Waals surface area (Å²) in [4.78, 5) is 23.8. The van der Waals surface area contributed by atoms with Gasteiger partial charge in [0.2, 0.25) is 5.91 Å². The summed E-state index contributed by atoms with van der Waals surface area (Å²) < 4.78 is 5.39. The van der Waals surface area contributed by atoms with Crippen LogP contribution in [-0.4, -0.2) is 78.3 Å². The third-order valence-corrected chi connectivity index (χ3v) is 5.83. The first-order valence-electron chi connectivity index (χ1n) is 9.14. The molecule has 1 saturated heterocycles. The van der Waals surface area contributed by atoms with Gasteiger partial charge in [0.1, 0.15) is 31.5 Å². The van der Waals surface area contributed by atoms with Gasteiger partial charge in [-0.25, -0.2) is 4.98 Å². The fourth-order valence-corrected chi connectivity index (χ4v) is 3.84. The van der Waals surface area contributed by atoms with Crippen molar-refractivity contribution in [1.29, 1.82) is 0 Å². The molecule has 1 N–H and O–H groups in total. The van der Waals surface area contributed by atoms with Crippen LogP contribution < -0.4 is 5.32 Å². The standard InChI is InChI=1S/C17H20B2N6O2S/c1-10-23-24-15(28-10)12-6-11-7-14(21-9-13(11)20-8-12)22-16(26)17(18,19)25-2-4-27-5-3-25/h6-9H,2-5,18-19H2,1H3,(H,21,22,26). The fraction of sp³-hybridized carbons (Fsp3) is 0.353. The number of pyridine rings is 2. The molecule has 3 aromatic heterocycles. The van der Waals surface area contributed by atoms with Crippen LogP contribution >= 0.6 is 11.3 Å². The minimum Gasteiger partial charge on any atom is -0.379 e. The average molecular weight is 394 g/mol. The van der Waals surface area contributed by atoms with E-state index in [2.05, 4.69) is 30.4 Å². The summed E-state index contributed by atoms with van der Waals surface area (Å²) in [5.74, 6) is 0.413. The molecule has 1 aliphatic heterocycles. The van der Waals surface area contributed by atoms with E-state index < -0.39 is 5.34 Å². The number of anilines is 1. The summed E-state index contributed by atoms with van der Waals surface area (Å²) in [5, 5.41) is 13.2. The number of amides is 1. The van der Waals surface area contributed by atoms with Crippen molar-refractivity contribution in [3.63, 3.8) is 0 Å². The van der Waals surface area contributed by atoms with Crippen LogP contribution in [0.4, 0.5) is 5.82 Å². The summed E-state index contributed by atoms with van der Waals surface area (Å²) in [6, 6.07) is 3.83. The number of carbonyl (C=O) groups excluding carboxylic acids is 1. The zero-order valence-corrected chi connectivity index (χ0v) is 16.9. The molecule has 0 aromatic carbocycles. The van der Waals surface area contributed by atoms with Crippen LogP contribution in [0.3, 0.4) is 0 Å². The van der Waals surface area contributed by atoms with Gasteiger partial charge < -0.3 is 10.1 Å². The molecule has 4 heterocycles. The van der Waals surface area contributed by atoms with Crippen LogP contribution in [-0.2, 0) is 9.53 Å². The maximum atomic E-state index is 12.9. The molecule has 0 unspecified atom stereocenters. The van der Waals surface area contributed by atoms with Gasteiger partial charge in [-0.15, -0.1) is 10.2 Å². The predicted octanol–water partition coefficient (Wildman–Crippen LogP) is -0.353. The molecule has 1 aliphatic rings. The highest BCUT2D eigenvalue weighted by molar-refractivity contribution is 7.14. The second-order valence-electron chi connectivity index (χ2n) is 7.23. The van der Waals surface area contributed by atoms with Crippen LogP contribution in [0.15, 0.2) is 24.5 Å². The van der Waals surface area contributed by atoms with Gasteiger partial charge >= 0.3 is 0 Å². The second kappa shape index (κ2) is 7.57. The van der Waals surface area contributed by atoms with E-state index in [0.29, 0.717) is 19.0 Å². The lowest BCUT2D eigenvalue weighted by atomic mass is 9.60. The lowest BCUT2D eigenvalue weighted by molar-refractivity contribution is -0.121. The third kappa shape index (κ3) is 3.78. The maximum Gasteiger partial charge on any atom is 0.229 e. The summed E-state index contributed by atoms with van der Waals surface area (Å²) >= 11 is 1.52. The Morgan fingerprint density at radius 3 is 2.71 bits per heavy atom. The first kappa shape index (κ1) is 19.0. The Morgan fingerprint density at radius 2 is 2.00 bits per heavy atom. The van der Waals surface area contributed by atoms with E-state index in [9.17, 15) is 4.79 Å². The Bertz CT molecular complexity index is 1020. The van der Waals surface area contributed by atoms with Crippen LogP contribution in [0.25, 0.3) is 21.5 Å². The highest BCUT2D eigenvalue weighted by Crippen LogP contribution is 2.26. The maximum absolute atomic E-state index is 12.9. The SMILES string of the molecule is BC(B)(C(=O)Nc1cc2cc(-c3nnc(C)s3)cnc2cn1)N1CCOCC1. The lowest BCUT2D eigenvalue weighted by Crippen LogP contribution is -2.61. The van der Waals surface area contributed by atoms with Gasteiger partial charge in [0.25, 0.3) is 0 Å². The second-order valence-corrected chi connectivity index (χ2v) is 8.41. The van der Waals surface area contributed by atoms with Crippen molar-refractivity contribution in [3.8, 4) is 10.6 Å². The van der Waals surface area contributed by atoms with E-state index in [4.69, 9.17) is 4.74 Å². The zero-order valence-electron chi connectivity index (χ0n) is 16.1.